The molecule has 1 heterocycles. The SMILES string of the molecule is CCNC(=O)c1ccc(-n2ccc(C(C)C)n2)c(N)c1. The molecule has 2 aromatic rings. The van der Waals surface area contributed by atoms with Gasteiger partial charge >= 0.3 is 0 Å². The molecule has 0 saturated carbocycles. The molecular formula is C15H20N4O. The number of aromatic nitrogens is 2. The van der Waals surface area contributed by atoms with Crippen molar-refractivity contribution in [3.8, 4) is 5.69 Å². The summed E-state index contributed by atoms with van der Waals surface area (Å²) in [6.07, 6.45) is 1.88. The molecule has 5 nitrogen and oxygen atoms in total. The van der Waals surface area contributed by atoms with Gasteiger partial charge in [0.2, 0.25) is 0 Å². The largest absolute Gasteiger partial charge is 0.397 e. The van der Waals surface area contributed by atoms with Crippen LogP contribution in [-0.2, 0) is 0 Å². The van der Waals surface area contributed by atoms with Crippen molar-refractivity contribution < 1.29 is 4.79 Å². The number of amides is 1. The quantitative estimate of drug-likeness (QED) is 0.839. The molecule has 0 bridgehead atoms. The van der Waals surface area contributed by atoms with Gasteiger partial charge in [0.25, 0.3) is 5.91 Å². The van der Waals surface area contributed by atoms with Crippen LogP contribution in [0.15, 0.2) is 30.5 Å². The zero-order valence-corrected chi connectivity index (χ0v) is 12.1. The first-order valence-electron chi connectivity index (χ1n) is 6.76. The van der Waals surface area contributed by atoms with Gasteiger partial charge in [0.05, 0.1) is 17.1 Å². The Morgan fingerprint density at radius 3 is 2.70 bits per heavy atom. The van der Waals surface area contributed by atoms with Crippen LogP contribution < -0.4 is 11.1 Å². The Bertz CT molecular complexity index is 616. The van der Waals surface area contributed by atoms with E-state index in [0.29, 0.717) is 23.7 Å². The lowest BCUT2D eigenvalue weighted by atomic mass is 10.1. The minimum Gasteiger partial charge on any atom is -0.397 e. The van der Waals surface area contributed by atoms with Gasteiger partial charge in [-0.3, -0.25) is 4.79 Å². The van der Waals surface area contributed by atoms with Gasteiger partial charge in [0.15, 0.2) is 0 Å². The first-order chi connectivity index (χ1) is 9.52. The van der Waals surface area contributed by atoms with Gasteiger partial charge in [-0.1, -0.05) is 13.8 Å². The number of nitrogens with one attached hydrogen (secondary N) is 1. The predicted molar refractivity (Wildman–Crippen MR) is 80.1 cm³/mol. The Hall–Kier alpha value is -2.30. The number of benzene rings is 1. The van der Waals surface area contributed by atoms with Gasteiger partial charge in [0, 0.05) is 18.3 Å². The van der Waals surface area contributed by atoms with Gasteiger partial charge in [-0.2, -0.15) is 5.10 Å². The summed E-state index contributed by atoms with van der Waals surface area (Å²) in [6.45, 7) is 6.66. The molecule has 1 aromatic heterocycles. The van der Waals surface area contributed by atoms with Crippen molar-refractivity contribution >= 4 is 11.6 Å². The fraction of sp³-hybridized carbons (Fsp3) is 0.333. The zero-order valence-electron chi connectivity index (χ0n) is 12.1. The van der Waals surface area contributed by atoms with E-state index in [2.05, 4.69) is 24.3 Å². The lowest BCUT2D eigenvalue weighted by Crippen LogP contribution is -2.22. The van der Waals surface area contributed by atoms with Gasteiger partial charge in [0.1, 0.15) is 0 Å². The second-order valence-corrected chi connectivity index (χ2v) is 4.97. The van der Waals surface area contributed by atoms with Crippen molar-refractivity contribution in [1.29, 1.82) is 0 Å². The number of anilines is 1. The van der Waals surface area contributed by atoms with Gasteiger partial charge in [-0.15, -0.1) is 0 Å². The van der Waals surface area contributed by atoms with Crippen molar-refractivity contribution in [2.45, 2.75) is 26.7 Å². The van der Waals surface area contributed by atoms with Crippen molar-refractivity contribution in [2.75, 3.05) is 12.3 Å². The Labute approximate surface area is 118 Å². The molecule has 106 valence electrons. The normalized spacial score (nSPS) is 10.8. The number of hydrogen-bond acceptors (Lipinski definition) is 3. The van der Waals surface area contributed by atoms with E-state index in [1.54, 1.807) is 16.8 Å². The molecule has 0 aliphatic carbocycles. The van der Waals surface area contributed by atoms with E-state index < -0.39 is 0 Å². The maximum absolute atomic E-state index is 11.7. The van der Waals surface area contributed by atoms with Gasteiger partial charge < -0.3 is 11.1 Å². The van der Waals surface area contributed by atoms with Crippen LogP contribution in [0.2, 0.25) is 0 Å². The molecule has 1 amide bonds. The van der Waals surface area contributed by atoms with E-state index in [0.717, 1.165) is 11.4 Å². The van der Waals surface area contributed by atoms with Gasteiger partial charge in [-0.25, -0.2) is 4.68 Å². The molecule has 0 fully saturated rings. The lowest BCUT2D eigenvalue weighted by Gasteiger charge is -2.08. The van der Waals surface area contributed by atoms with Crippen molar-refractivity contribution in [3.05, 3.63) is 41.7 Å². The third kappa shape index (κ3) is 2.82. The molecule has 0 saturated heterocycles. The molecule has 5 heteroatoms. The zero-order chi connectivity index (χ0) is 14.7. The summed E-state index contributed by atoms with van der Waals surface area (Å²) in [7, 11) is 0. The van der Waals surface area contributed by atoms with Crippen LogP contribution in [0, 0.1) is 0 Å². The summed E-state index contributed by atoms with van der Waals surface area (Å²) in [5.41, 5.74) is 8.92. The molecule has 0 aliphatic rings. The van der Waals surface area contributed by atoms with Crippen LogP contribution >= 0.6 is 0 Å². The van der Waals surface area contributed by atoms with E-state index in [1.807, 2.05) is 25.3 Å². The summed E-state index contributed by atoms with van der Waals surface area (Å²) >= 11 is 0. The maximum atomic E-state index is 11.7. The minimum atomic E-state index is -0.117. The number of nitrogens with zero attached hydrogens (tertiary/aromatic N) is 2. The molecular weight excluding hydrogens is 252 g/mol. The topological polar surface area (TPSA) is 72.9 Å². The molecule has 0 unspecified atom stereocenters. The number of carbonyl (C=O) groups excluding carboxylic acids is 1. The third-order valence-corrected chi connectivity index (χ3v) is 3.08. The molecule has 0 spiro atoms. The van der Waals surface area contributed by atoms with E-state index >= 15 is 0 Å². The fourth-order valence-corrected chi connectivity index (χ4v) is 1.95. The maximum Gasteiger partial charge on any atom is 0.251 e. The predicted octanol–water partition coefficient (Wildman–Crippen LogP) is 2.33. The summed E-state index contributed by atoms with van der Waals surface area (Å²) < 4.78 is 1.74. The number of hydrogen-bond donors (Lipinski definition) is 2. The number of rotatable bonds is 4. The van der Waals surface area contributed by atoms with Crippen molar-refractivity contribution in [3.63, 3.8) is 0 Å². The van der Waals surface area contributed by atoms with Crippen LogP contribution in [0.1, 0.15) is 42.7 Å². The third-order valence-electron chi connectivity index (χ3n) is 3.08. The first-order valence-corrected chi connectivity index (χ1v) is 6.76. The number of carbonyl (C=O) groups is 1. The smallest absolute Gasteiger partial charge is 0.251 e. The summed E-state index contributed by atoms with van der Waals surface area (Å²) in [5.74, 6) is 0.251. The van der Waals surface area contributed by atoms with E-state index in [-0.39, 0.29) is 5.91 Å². The molecule has 0 atom stereocenters. The summed E-state index contributed by atoms with van der Waals surface area (Å²) in [5, 5.41) is 7.24. The Morgan fingerprint density at radius 1 is 1.40 bits per heavy atom. The summed E-state index contributed by atoms with van der Waals surface area (Å²) in [6, 6.07) is 7.23. The Kier molecular flexibility index (Phi) is 4.08. The summed E-state index contributed by atoms with van der Waals surface area (Å²) in [4.78, 5) is 11.7. The van der Waals surface area contributed by atoms with Crippen molar-refractivity contribution in [2.24, 2.45) is 0 Å². The number of nitrogen functional groups attached to an aromatic ring is 1. The Morgan fingerprint density at radius 2 is 2.15 bits per heavy atom. The highest BCUT2D eigenvalue weighted by molar-refractivity contribution is 5.95. The molecule has 0 radical (unpaired) electrons. The van der Waals surface area contributed by atoms with Crippen LogP contribution in [0.4, 0.5) is 5.69 Å². The molecule has 20 heavy (non-hydrogen) atoms. The average molecular weight is 272 g/mol. The molecule has 0 aliphatic heterocycles. The minimum absolute atomic E-state index is 0.117. The van der Waals surface area contributed by atoms with Crippen molar-refractivity contribution in [1.82, 2.24) is 15.1 Å². The number of nitrogens with two attached hydrogens (primary N) is 1. The van der Waals surface area contributed by atoms with Crippen LogP contribution in [0.5, 0.6) is 0 Å². The van der Waals surface area contributed by atoms with E-state index in [4.69, 9.17) is 5.73 Å². The highest BCUT2D eigenvalue weighted by Gasteiger charge is 2.10. The van der Waals surface area contributed by atoms with Crippen LogP contribution in [0.25, 0.3) is 5.69 Å². The average Bonchev–Trinajstić information content (AvgIpc) is 2.88. The second kappa shape index (κ2) is 5.77. The highest BCUT2D eigenvalue weighted by Crippen LogP contribution is 2.20. The fourth-order valence-electron chi connectivity index (χ4n) is 1.95. The van der Waals surface area contributed by atoms with Crippen LogP contribution in [0.3, 0.4) is 0 Å². The van der Waals surface area contributed by atoms with E-state index in [1.165, 1.54) is 0 Å². The molecule has 3 N–H and O–H groups in total. The molecule has 2 rings (SSSR count). The lowest BCUT2D eigenvalue weighted by molar-refractivity contribution is 0.0956. The van der Waals surface area contributed by atoms with E-state index in [9.17, 15) is 4.79 Å². The van der Waals surface area contributed by atoms with Crippen LogP contribution in [-0.4, -0.2) is 22.2 Å². The first kappa shape index (κ1) is 14.1. The second-order valence-electron chi connectivity index (χ2n) is 4.97. The van der Waals surface area contributed by atoms with Gasteiger partial charge in [-0.05, 0) is 37.1 Å². The molecule has 1 aromatic carbocycles. The monoisotopic (exact) mass is 272 g/mol. The Balaban J connectivity index is 2.31. The standard InChI is InChI=1S/C15H20N4O/c1-4-17-15(20)11-5-6-14(12(16)9-11)19-8-7-13(18-19)10(2)3/h5-10H,4,16H2,1-3H3,(H,17,20). The highest BCUT2D eigenvalue weighted by atomic mass is 16.1.